The smallest absolute Gasteiger partial charge is 0.272 e. The van der Waals surface area contributed by atoms with Crippen molar-refractivity contribution in [1.29, 1.82) is 0 Å². The lowest BCUT2D eigenvalue weighted by Crippen LogP contribution is -2.49. The molecule has 1 fully saturated rings. The molecule has 0 bridgehead atoms. The SMILES string of the molecule is O=C(c1cc(-c2ccc(F)cc2)nn1-c1ccccc1)N1CCN(C/C=C/c2ccccc2)CC1. The number of piperazine rings is 1. The van der Waals surface area contributed by atoms with Crippen LogP contribution in [0, 0.1) is 5.82 Å². The molecule has 0 spiro atoms. The molecule has 0 radical (unpaired) electrons. The van der Waals surface area contributed by atoms with Crippen LogP contribution in [0.4, 0.5) is 4.39 Å². The first kappa shape index (κ1) is 22.7. The lowest BCUT2D eigenvalue weighted by molar-refractivity contribution is 0.0641. The molecule has 0 saturated carbocycles. The fraction of sp³-hybridized carbons (Fsp3) is 0.172. The molecule has 0 aliphatic carbocycles. The zero-order valence-corrected chi connectivity index (χ0v) is 19.4. The van der Waals surface area contributed by atoms with Gasteiger partial charge in [0.15, 0.2) is 0 Å². The van der Waals surface area contributed by atoms with Gasteiger partial charge in [-0.3, -0.25) is 9.69 Å². The van der Waals surface area contributed by atoms with E-state index in [1.54, 1.807) is 22.9 Å². The van der Waals surface area contributed by atoms with E-state index >= 15 is 0 Å². The summed E-state index contributed by atoms with van der Waals surface area (Å²) in [7, 11) is 0. The van der Waals surface area contributed by atoms with Crippen molar-refractivity contribution in [2.24, 2.45) is 0 Å². The molecule has 1 saturated heterocycles. The predicted octanol–water partition coefficient (Wildman–Crippen LogP) is 5.15. The summed E-state index contributed by atoms with van der Waals surface area (Å²) in [6.45, 7) is 3.80. The van der Waals surface area contributed by atoms with E-state index in [4.69, 9.17) is 5.10 Å². The summed E-state index contributed by atoms with van der Waals surface area (Å²) in [6, 6.07) is 27.9. The van der Waals surface area contributed by atoms with Gasteiger partial charge >= 0.3 is 0 Å². The van der Waals surface area contributed by atoms with Gasteiger partial charge in [-0.05, 0) is 48.0 Å². The highest BCUT2D eigenvalue weighted by atomic mass is 19.1. The van der Waals surface area contributed by atoms with Crippen molar-refractivity contribution in [2.75, 3.05) is 32.7 Å². The molecule has 1 aliphatic heterocycles. The van der Waals surface area contributed by atoms with Gasteiger partial charge in [-0.1, -0.05) is 60.7 Å². The quantitative estimate of drug-likeness (QED) is 0.395. The second-order valence-corrected chi connectivity index (χ2v) is 8.57. The number of benzene rings is 3. The van der Waals surface area contributed by atoms with Crippen LogP contribution in [0.5, 0.6) is 0 Å². The Morgan fingerprint density at radius 3 is 2.20 bits per heavy atom. The van der Waals surface area contributed by atoms with Crippen LogP contribution in [0.25, 0.3) is 23.0 Å². The molecule has 4 aromatic rings. The molecule has 3 aromatic carbocycles. The summed E-state index contributed by atoms with van der Waals surface area (Å²) >= 11 is 0. The van der Waals surface area contributed by atoms with Gasteiger partial charge in [-0.15, -0.1) is 0 Å². The van der Waals surface area contributed by atoms with Crippen molar-refractivity contribution in [3.8, 4) is 16.9 Å². The van der Waals surface area contributed by atoms with E-state index in [1.165, 1.54) is 17.7 Å². The highest BCUT2D eigenvalue weighted by Crippen LogP contribution is 2.23. The average molecular weight is 467 g/mol. The fourth-order valence-corrected chi connectivity index (χ4v) is 4.26. The van der Waals surface area contributed by atoms with Gasteiger partial charge in [0.2, 0.25) is 0 Å². The maximum absolute atomic E-state index is 13.6. The van der Waals surface area contributed by atoms with Crippen LogP contribution in [-0.4, -0.2) is 58.2 Å². The van der Waals surface area contributed by atoms with Gasteiger partial charge in [0.05, 0.1) is 11.4 Å². The van der Waals surface area contributed by atoms with Crippen LogP contribution in [0.3, 0.4) is 0 Å². The topological polar surface area (TPSA) is 41.4 Å². The maximum Gasteiger partial charge on any atom is 0.272 e. The van der Waals surface area contributed by atoms with Gasteiger partial charge in [0.25, 0.3) is 5.91 Å². The standard InChI is InChI=1S/C29H27FN4O/c30-25-15-13-24(14-16-25)27-22-28(34(31-27)26-11-5-2-6-12-26)29(35)33-20-18-32(19-21-33)17-7-10-23-8-3-1-4-9-23/h1-16,22H,17-21H2/b10-7+. The van der Waals surface area contributed by atoms with Crippen LogP contribution < -0.4 is 0 Å². The number of hydrogen-bond acceptors (Lipinski definition) is 3. The minimum Gasteiger partial charge on any atom is -0.335 e. The van der Waals surface area contributed by atoms with E-state index in [0.717, 1.165) is 30.9 Å². The van der Waals surface area contributed by atoms with E-state index < -0.39 is 0 Å². The third-order valence-electron chi connectivity index (χ3n) is 6.20. The summed E-state index contributed by atoms with van der Waals surface area (Å²) < 4.78 is 15.1. The molecule has 2 heterocycles. The van der Waals surface area contributed by atoms with E-state index in [1.807, 2.05) is 53.4 Å². The molecule has 5 nitrogen and oxygen atoms in total. The van der Waals surface area contributed by atoms with Crippen molar-refractivity contribution in [1.82, 2.24) is 19.6 Å². The number of nitrogens with zero attached hydrogens (tertiary/aromatic N) is 4. The van der Waals surface area contributed by atoms with Gasteiger partial charge in [-0.2, -0.15) is 5.10 Å². The molecular weight excluding hydrogens is 439 g/mol. The highest BCUT2D eigenvalue weighted by molar-refractivity contribution is 5.94. The molecule has 0 N–H and O–H groups in total. The Balaban J connectivity index is 1.30. The van der Waals surface area contributed by atoms with Gasteiger partial charge < -0.3 is 4.90 Å². The molecule has 1 aromatic heterocycles. The Hall–Kier alpha value is -4.03. The Labute approximate surface area is 204 Å². The second-order valence-electron chi connectivity index (χ2n) is 8.57. The van der Waals surface area contributed by atoms with Gasteiger partial charge in [-0.25, -0.2) is 9.07 Å². The van der Waals surface area contributed by atoms with Gasteiger partial charge in [0.1, 0.15) is 11.5 Å². The average Bonchev–Trinajstić information content (AvgIpc) is 3.36. The number of para-hydroxylation sites is 1. The minimum atomic E-state index is -0.302. The Bertz CT molecular complexity index is 1290. The third kappa shape index (κ3) is 5.39. The van der Waals surface area contributed by atoms with Crippen molar-refractivity contribution in [3.05, 3.63) is 114 Å². The monoisotopic (exact) mass is 466 g/mol. The highest BCUT2D eigenvalue weighted by Gasteiger charge is 2.26. The number of rotatable bonds is 6. The van der Waals surface area contributed by atoms with Crippen LogP contribution in [0.1, 0.15) is 16.1 Å². The summed E-state index contributed by atoms with van der Waals surface area (Å²) in [5.74, 6) is -0.349. The first-order valence-electron chi connectivity index (χ1n) is 11.8. The molecule has 1 aliphatic rings. The molecule has 5 rings (SSSR count). The molecule has 0 atom stereocenters. The van der Waals surface area contributed by atoms with Crippen molar-refractivity contribution in [3.63, 3.8) is 0 Å². The second kappa shape index (κ2) is 10.5. The van der Waals surface area contributed by atoms with Crippen LogP contribution in [0.2, 0.25) is 0 Å². The maximum atomic E-state index is 13.6. The number of aromatic nitrogens is 2. The molecule has 6 heteroatoms. The Morgan fingerprint density at radius 1 is 0.857 bits per heavy atom. The van der Waals surface area contributed by atoms with E-state index in [0.29, 0.717) is 24.5 Å². The minimum absolute atomic E-state index is 0.0470. The molecule has 1 amide bonds. The van der Waals surface area contributed by atoms with Crippen molar-refractivity contribution in [2.45, 2.75) is 0 Å². The van der Waals surface area contributed by atoms with Crippen molar-refractivity contribution < 1.29 is 9.18 Å². The number of hydrogen-bond donors (Lipinski definition) is 0. The Morgan fingerprint density at radius 2 is 1.51 bits per heavy atom. The summed E-state index contributed by atoms with van der Waals surface area (Å²) in [4.78, 5) is 17.8. The van der Waals surface area contributed by atoms with E-state index in [9.17, 15) is 9.18 Å². The molecule has 176 valence electrons. The van der Waals surface area contributed by atoms with Crippen LogP contribution in [0.15, 0.2) is 97.1 Å². The van der Waals surface area contributed by atoms with Crippen LogP contribution in [-0.2, 0) is 0 Å². The first-order chi connectivity index (χ1) is 17.2. The van der Waals surface area contributed by atoms with Gasteiger partial charge in [0, 0.05) is 38.3 Å². The lowest BCUT2D eigenvalue weighted by Gasteiger charge is -2.34. The molecule has 0 unspecified atom stereocenters. The molecular formula is C29H27FN4O. The number of amides is 1. The van der Waals surface area contributed by atoms with Crippen LogP contribution >= 0.6 is 0 Å². The summed E-state index contributed by atoms with van der Waals surface area (Å²) in [6.07, 6.45) is 4.30. The van der Waals surface area contributed by atoms with Crippen molar-refractivity contribution >= 4 is 12.0 Å². The summed E-state index contributed by atoms with van der Waals surface area (Å²) in [5.41, 5.74) is 3.92. The first-order valence-corrected chi connectivity index (χ1v) is 11.8. The largest absolute Gasteiger partial charge is 0.335 e. The van der Waals surface area contributed by atoms with E-state index in [2.05, 4.69) is 29.2 Å². The fourth-order valence-electron chi connectivity index (χ4n) is 4.26. The number of carbonyl (C=O) groups is 1. The lowest BCUT2D eigenvalue weighted by atomic mass is 10.1. The normalized spacial score (nSPS) is 14.5. The summed E-state index contributed by atoms with van der Waals surface area (Å²) in [5, 5.41) is 4.71. The third-order valence-corrected chi connectivity index (χ3v) is 6.20. The molecule has 35 heavy (non-hydrogen) atoms. The van der Waals surface area contributed by atoms with E-state index in [-0.39, 0.29) is 11.7 Å². The predicted molar refractivity (Wildman–Crippen MR) is 137 cm³/mol. The zero-order chi connectivity index (χ0) is 24.0. The number of halogens is 1. The Kier molecular flexibility index (Phi) is 6.82. The zero-order valence-electron chi connectivity index (χ0n) is 19.4. The number of carbonyl (C=O) groups excluding carboxylic acids is 1.